The van der Waals surface area contributed by atoms with Crippen molar-refractivity contribution in [2.24, 2.45) is 0 Å². The molecule has 9 aromatic carbocycles. The van der Waals surface area contributed by atoms with Crippen molar-refractivity contribution in [1.82, 2.24) is 0 Å². The predicted octanol–water partition coefficient (Wildman–Crippen LogP) is 13.8. The van der Waals surface area contributed by atoms with Crippen molar-refractivity contribution >= 4 is 71.3 Å². The normalized spacial score (nSPS) is 11.6. The van der Waals surface area contributed by atoms with Gasteiger partial charge < -0.3 is 9.32 Å². The third-order valence-electron chi connectivity index (χ3n) is 10.0. The number of hydrogen-bond acceptors (Lipinski definition) is 2. The summed E-state index contributed by atoms with van der Waals surface area (Å²) >= 11 is 0. The Balaban J connectivity index is 1.31. The molecule has 0 aliphatic carbocycles. The topological polar surface area (TPSA) is 16.4 Å². The first-order valence-electron chi connectivity index (χ1n) is 17.1. The van der Waals surface area contributed by atoms with Gasteiger partial charge in [-0.15, -0.1) is 0 Å². The van der Waals surface area contributed by atoms with E-state index < -0.39 is 0 Å². The standard InChI is InChI=1S/C48H31NO/c1-2-15-33-30-35(29-28-32(33)14-1)37-18-7-10-23-43(37)49(45-25-13-27-47-48(45)41-22-9-12-26-46(41)50-47)44-24-11-8-21-40(44)42-31-34-16-3-4-17-36(34)38-19-5-6-20-39(38)42/h1-31H. The Hall–Kier alpha value is -6.64. The molecule has 0 aliphatic rings. The maximum absolute atomic E-state index is 6.47. The summed E-state index contributed by atoms with van der Waals surface area (Å²) in [6.07, 6.45) is 0. The van der Waals surface area contributed by atoms with Crippen LogP contribution < -0.4 is 4.90 Å². The number of rotatable bonds is 5. The SMILES string of the molecule is c1ccc(N(c2ccccc2-c2cc3ccccc3c3ccccc23)c2cccc3oc4ccccc4c23)c(-c2ccc3ccccc3c2)c1. The lowest BCUT2D eigenvalue weighted by Crippen LogP contribution is -2.13. The van der Waals surface area contributed by atoms with E-state index in [4.69, 9.17) is 4.42 Å². The van der Waals surface area contributed by atoms with Gasteiger partial charge in [0.25, 0.3) is 0 Å². The first-order chi connectivity index (χ1) is 24.8. The molecule has 0 radical (unpaired) electrons. The Bertz CT molecular complexity index is 2900. The van der Waals surface area contributed by atoms with Gasteiger partial charge in [0.2, 0.25) is 0 Å². The van der Waals surface area contributed by atoms with Crippen molar-refractivity contribution in [2.75, 3.05) is 4.90 Å². The molecule has 2 nitrogen and oxygen atoms in total. The van der Waals surface area contributed by atoms with Crippen LogP contribution in [0, 0.1) is 0 Å². The van der Waals surface area contributed by atoms with Crippen LogP contribution in [0.4, 0.5) is 17.1 Å². The van der Waals surface area contributed by atoms with E-state index in [9.17, 15) is 0 Å². The van der Waals surface area contributed by atoms with Crippen LogP contribution in [-0.4, -0.2) is 0 Å². The first kappa shape index (κ1) is 28.4. The van der Waals surface area contributed by atoms with Crippen LogP contribution in [0.3, 0.4) is 0 Å². The zero-order valence-electron chi connectivity index (χ0n) is 27.3. The maximum atomic E-state index is 6.47. The van der Waals surface area contributed by atoms with E-state index >= 15 is 0 Å². The van der Waals surface area contributed by atoms with Gasteiger partial charge in [-0.2, -0.15) is 0 Å². The molecule has 50 heavy (non-hydrogen) atoms. The van der Waals surface area contributed by atoms with Crippen LogP contribution >= 0.6 is 0 Å². The molecular weight excluding hydrogens is 607 g/mol. The van der Waals surface area contributed by atoms with Crippen LogP contribution in [0.25, 0.3) is 76.5 Å². The van der Waals surface area contributed by atoms with E-state index in [-0.39, 0.29) is 0 Å². The molecule has 0 amide bonds. The highest BCUT2D eigenvalue weighted by molar-refractivity contribution is 6.17. The highest BCUT2D eigenvalue weighted by Gasteiger charge is 2.24. The van der Waals surface area contributed by atoms with Crippen LogP contribution in [0.1, 0.15) is 0 Å². The zero-order valence-corrected chi connectivity index (χ0v) is 27.3. The molecule has 0 saturated carbocycles. The molecule has 0 spiro atoms. The summed E-state index contributed by atoms with van der Waals surface area (Å²) in [5.74, 6) is 0. The molecule has 0 N–H and O–H groups in total. The summed E-state index contributed by atoms with van der Waals surface area (Å²) in [5.41, 5.74) is 9.69. The summed E-state index contributed by atoms with van der Waals surface area (Å²) in [4.78, 5) is 2.45. The average molecular weight is 638 g/mol. The van der Waals surface area contributed by atoms with Crippen LogP contribution in [0.15, 0.2) is 192 Å². The largest absolute Gasteiger partial charge is 0.456 e. The molecule has 10 rings (SSSR count). The minimum absolute atomic E-state index is 0.866. The first-order valence-corrected chi connectivity index (χ1v) is 17.1. The van der Waals surface area contributed by atoms with Gasteiger partial charge >= 0.3 is 0 Å². The molecule has 0 fully saturated rings. The second-order valence-electron chi connectivity index (χ2n) is 12.9. The molecule has 0 saturated heterocycles. The van der Waals surface area contributed by atoms with E-state index in [1.807, 2.05) is 6.07 Å². The lowest BCUT2D eigenvalue weighted by Gasteiger charge is -2.30. The second-order valence-corrected chi connectivity index (χ2v) is 12.9. The Kier molecular flexibility index (Phi) is 6.53. The Morgan fingerprint density at radius 2 is 0.900 bits per heavy atom. The Labute approximate surface area is 290 Å². The van der Waals surface area contributed by atoms with Gasteiger partial charge in [-0.1, -0.05) is 146 Å². The highest BCUT2D eigenvalue weighted by atomic mass is 16.3. The van der Waals surface area contributed by atoms with E-state index in [0.717, 1.165) is 50.1 Å². The maximum Gasteiger partial charge on any atom is 0.137 e. The predicted molar refractivity (Wildman–Crippen MR) is 212 cm³/mol. The van der Waals surface area contributed by atoms with Crippen LogP contribution in [0.5, 0.6) is 0 Å². The summed E-state index contributed by atoms with van der Waals surface area (Å²) in [6, 6.07) is 67.6. The molecule has 0 atom stereocenters. The summed E-state index contributed by atoms with van der Waals surface area (Å²) in [5, 5.41) is 9.61. The minimum Gasteiger partial charge on any atom is -0.456 e. The fourth-order valence-corrected chi connectivity index (χ4v) is 7.77. The van der Waals surface area contributed by atoms with Crippen LogP contribution in [0.2, 0.25) is 0 Å². The molecule has 0 aliphatic heterocycles. The van der Waals surface area contributed by atoms with Gasteiger partial charge in [0.15, 0.2) is 0 Å². The molecule has 0 unspecified atom stereocenters. The van der Waals surface area contributed by atoms with E-state index in [1.165, 1.54) is 43.4 Å². The molecule has 2 heteroatoms. The van der Waals surface area contributed by atoms with Crippen molar-refractivity contribution in [3.63, 3.8) is 0 Å². The van der Waals surface area contributed by atoms with E-state index in [1.54, 1.807) is 0 Å². The van der Waals surface area contributed by atoms with Crippen molar-refractivity contribution in [1.29, 1.82) is 0 Å². The number of furan rings is 1. The quantitative estimate of drug-likeness (QED) is 0.175. The molecule has 0 bridgehead atoms. The third kappa shape index (κ3) is 4.50. The number of hydrogen-bond donors (Lipinski definition) is 0. The second kappa shape index (κ2) is 11.5. The number of nitrogens with zero attached hydrogens (tertiary/aromatic N) is 1. The Morgan fingerprint density at radius 1 is 0.320 bits per heavy atom. The van der Waals surface area contributed by atoms with Gasteiger partial charge in [-0.3, -0.25) is 0 Å². The number of benzene rings is 9. The van der Waals surface area contributed by atoms with Crippen molar-refractivity contribution in [3.8, 4) is 22.3 Å². The third-order valence-corrected chi connectivity index (χ3v) is 10.0. The molecule has 1 heterocycles. The van der Waals surface area contributed by atoms with Crippen molar-refractivity contribution in [3.05, 3.63) is 188 Å². The molecule has 234 valence electrons. The van der Waals surface area contributed by atoms with E-state index in [2.05, 4.69) is 187 Å². The molecule has 10 aromatic rings. The Morgan fingerprint density at radius 3 is 1.74 bits per heavy atom. The number of fused-ring (bicyclic) bond motifs is 7. The monoisotopic (exact) mass is 637 g/mol. The van der Waals surface area contributed by atoms with Gasteiger partial charge in [0, 0.05) is 16.5 Å². The summed E-state index contributed by atoms with van der Waals surface area (Å²) < 4.78 is 6.47. The van der Waals surface area contributed by atoms with Crippen LogP contribution in [-0.2, 0) is 0 Å². The number of anilines is 3. The van der Waals surface area contributed by atoms with Crippen molar-refractivity contribution < 1.29 is 4.42 Å². The molecule has 1 aromatic heterocycles. The van der Waals surface area contributed by atoms with Gasteiger partial charge in [-0.05, 0) is 85.9 Å². The van der Waals surface area contributed by atoms with Gasteiger partial charge in [0.1, 0.15) is 11.2 Å². The summed E-state index contributed by atoms with van der Waals surface area (Å²) in [7, 11) is 0. The van der Waals surface area contributed by atoms with E-state index in [0.29, 0.717) is 0 Å². The van der Waals surface area contributed by atoms with Crippen molar-refractivity contribution in [2.45, 2.75) is 0 Å². The lowest BCUT2D eigenvalue weighted by molar-refractivity contribution is 0.669. The minimum atomic E-state index is 0.866. The number of para-hydroxylation sites is 3. The average Bonchev–Trinajstić information content (AvgIpc) is 3.57. The fourth-order valence-electron chi connectivity index (χ4n) is 7.77. The molecular formula is C48H31NO. The lowest BCUT2D eigenvalue weighted by atomic mass is 9.91. The summed E-state index contributed by atoms with van der Waals surface area (Å²) in [6.45, 7) is 0. The smallest absolute Gasteiger partial charge is 0.137 e. The van der Waals surface area contributed by atoms with Gasteiger partial charge in [-0.25, -0.2) is 0 Å². The zero-order chi connectivity index (χ0) is 33.0. The fraction of sp³-hybridized carbons (Fsp3) is 0. The highest BCUT2D eigenvalue weighted by Crippen LogP contribution is 2.49. The van der Waals surface area contributed by atoms with Gasteiger partial charge in [0.05, 0.1) is 22.4 Å².